The zero-order valence-electron chi connectivity index (χ0n) is 16.8. The summed E-state index contributed by atoms with van der Waals surface area (Å²) >= 11 is 7.74. The molecule has 4 rings (SSSR count). The number of rotatable bonds is 6. The molecule has 1 heterocycles. The highest BCUT2D eigenvalue weighted by atomic mass is 35.5. The number of hydrogen-bond acceptors (Lipinski definition) is 4. The predicted molar refractivity (Wildman–Crippen MR) is 124 cm³/mol. The third kappa shape index (κ3) is 4.48. The van der Waals surface area contributed by atoms with Crippen LogP contribution in [0.25, 0.3) is 10.2 Å². The van der Waals surface area contributed by atoms with Crippen LogP contribution in [0.3, 0.4) is 0 Å². The van der Waals surface area contributed by atoms with Crippen LogP contribution in [-0.4, -0.2) is 17.5 Å². The third-order valence-electron chi connectivity index (χ3n) is 4.80. The first kappa shape index (κ1) is 20.4. The number of aryl methyl sites for hydroxylation is 2. The van der Waals surface area contributed by atoms with Crippen LogP contribution in [-0.2, 0) is 11.3 Å². The van der Waals surface area contributed by atoms with Gasteiger partial charge in [0.2, 0.25) is 0 Å². The van der Waals surface area contributed by atoms with Gasteiger partial charge in [-0.15, -0.1) is 0 Å². The van der Waals surface area contributed by atoms with Crippen LogP contribution >= 0.6 is 22.9 Å². The van der Waals surface area contributed by atoms with Crippen molar-refractivity contribution in [2.45, 2.75) is 20.4 Å². The highest BCUT2D eigenvalue weighted by Crippen LogP contribution is 2.34. The van der Waals surface area contributed by atoms with Crippen molar-refractivity contribution in [3.05, 3.63) is 88.4 Å². The van der Waals surface area contributed by atoms with Crippen molar-refractivity contribution in [2.75, 3.05) is 11.5 Å². The van der Waals surface area contributed by atoms with Gasteiger partial charge in [0.05, 0.1) is 16.8 Å². The quantitative estimate of drug-likeness (QED) is 0.362. The van der Waals surface area contributed by atoms with Crippen LogP contribution in [0.1, 0.15) is 16.7 Å². The smallest absolute Gasteiger partial charge is 0.267 e. The van der Waals surface area contributed by atoms with Gasteiger partial charge in [-0.3, -0.25) is 9.69 Å². The van der Waals surface area contributed by atoms with Gasteiger partial charge in [0.15, 0.2) is 11.7 Å². The summed E-state index contributed by atoms with van der Waals surface area (Å²) in [5, 5.41) is 1.31. The maximum absolute atomic E-state index is 13.2. The van der Waals surface area contributed by atoms with E-state index in [4.69, 9.17) is 21.3 Å². The summed E-state index contributed by atoms with van der Waals surface area (Å²) < 4.78 is 6.77. The van der Waals surface area contributed by atoms with E-state index in [1.54, 1.807) is 4.90 Å². The molecule has 0 aliphatic carbocycles. The Balaban J connectivity index is 1.64. The van der Waals surface area contributed by atoms with Crippen molar-refractivity contribution < 1.29 is 9.53 Å². The van der Waals surface area contributed by atoms with Gasteiger partial charge in [-0.05, 0) is 54.8 Å². The van der Waals surface area contributed by atoms with E-state index < -0.39 is 0 Å². The van der Waals surface area contributed by atoms with Gasteiger partial charge in [-0.25, -0.2) is 4.98 Å². The van der Waals surface area contributed by atoms with Crippen LogP contribution in [0.4, 0.5) is 5.13 Å². The van der Waals surface area contributed by atoms with Crippen molar-refractivity contribution in [3.8, 4) is 5.75 Å². The number of thiazole rings is 1. The van der Waals surface area contributed by atoms with Gasteiger partial charge < -0.3 is 4.74 Å². The minimum atomic E-state index is -0.150. The number of benzene rings is 3. The summed E-state index contributed by atoms with van der Waals surface area (Å²) in [5.74, 6) is 0.526. The number of anilines is 1. The fourth-order valence-electron chi connectivity index (χ4n) is 3.16. The lowest BCUT2D eigenvalue weighted by Gasteiger charge is -2.20. The van der Waals surface area contributed by atoms with Crippen LogP contribution in [0, 0.1) is 13.8 Å². The highest BCUT2D eigenvalue weighted by Gasteiger charge is 2.22. The summed E-state index contributed by atoms with van der Waals surface area (Å²) in [7, 11) is 0. The van der Waals surface area contributed by atoms with Crippen molar-refractivity contribution in [3.63, 3.8) is 0 Å². The molecule has 0 spiro atoms. The average Bonchev–Trinajstić information content (AvgIpc) is 3.18. The van der Waals surface area contributed by atoms with E-state index in [0.717, 1.165) is 26.9 Å². The Kier molecular flexibility index (Phi) is 6.02. The molecule has 1 amide bonds. The zero-order chi connectivity index (χ0) is 21.1. The van der Waals surface area contributed by atoms with Gasteiger partial charge in [0, 0.05) is 5.02 Å². The van der Waals surface area contributed by atoms with E-state index in [9.17, 15) is 4.79 Å². The maximum atomic E-state index is 13.2. The number of amides is 1. The lowest BCUT2D eigenvalue weighted by molar-refractivity contribution is -0.120. The molecule has 0 saturated carbocycles. The first-order valence-electron chi connectivity index (χ1n) is 9.60. The van der Waals surface area contributed by atoms with E-state index in [2.05, 4.69) is 0 Å². The van der Waals surface area contributed by atoms with Gasteiger partial charge >= 0.3 is 0 Å². The molecule has 30 heavy (non-hydrogen) atoms. The Labute approximate surface area is 184 Å². The Bertz CT molecular complexity index is 1190. The molecule has 0 fully saturated rings. The predicted octanol–water partition coefficient (Wildman–Crippen LogP) is 6.18. The lowest BCUT2D eigenvalue weighted by atomic mass is 10.2. The molecule has 6 heteroatoms. The molecule has 0 atom stereocenters. The van der Waals surface area contributed by atoms with Gasteiger partial charge in [-0.1, -0.05) is 65.4 Å². The van der Waals surface area contributed by atoms with E-state index in [0.29, 0.717) is 22.4 Å². The number of ether oxygens (including phenoxy) is 1. The molecule has 0 unspecified atom stereocenters. The molecule has 0 bridgehead atoms. The van der Waals surface area contributed by atoms with Crippen molar-refractivity contribution >= 4 is 44.2 Å². The first-order chi connectivity index (χ1) is 14.5. The van der Waals surface area contributed by atoms with Crippen LogP contribution in [0.2, 0.25) is 5.02 Å². The van der Waals surface area contributed by atoms with Crippen molar-refractivity contribution in [1.29, 1.82) is 0 Å². The molecule has 0 aliphatic heterocycles. The van der Waals surface area contributed by atoms with E-state index in [1.807, 2.05) is 80.6 Å². The number of aromatic nitrogens is 1. The van der Waals surface area contributed by atoms with Gasteiger partial charge in [0.1, 0.15) is 5.75 Å². The van der Waals surface area contributed by atoms with E-state index >= 15 is 0 Å². The minimum Gasteiger partial charge on any atom is -0.484 e. The summed E-state index contributed by atoms with van der Waals surface area (Å²) in [4.78, 5) is 19.6. The third-order valence-corrected chi connectivity index (χ3v) is 6.26. The number of halogens is 1. The minimum absolute atomic E-state index is 0.0635. The Hall–Kier alpha value is -2.89. The summed E-state index contributed by atoms with van der Waals surface area (Å²) in [6, 6.07) is 21.4. The summed E-state index contributed by atoms with van der Waals surface area (Å²) in [5.41, 5.74) is 3.85. The molecule has 4 nitrogen and oxygen atoms in total. The first-order valence-corrected chi connectivity index (χ1v) is 10.8. The Morgan fingerprint density at radius 2 is 1.87 bits per heavy atom. The molecule has 1 aromatic heterocycles. The highest BCUT2D eigenvalue weighted by molar-refractivity contribution is 7.22. The molecule has 0 N–H and O–H groups in total. The molecule has 4 aromatic rings. The molecule has 0 aliphatic rings. The molecule has 0 radical (unpaired) electrons. The second-order valence-electron chi connectivity index (χ2n) is 7.09. The summed E-state index contributed by atoms with van der Waals surface area (Å²) in [6.07, 6.45) is 0. The SMILES string of the molecule is Cc1cccc(OCC(=O)N(Cc2ccccc2)c2nc3c(C)c(Cl)ccc3s2)c1. The number of carbonyl (C=O) groups excluding carboxylic acids is 1. The zero-order valence-corrected chi connectivity index (χ0v) is 18.3. The van der Waals surface area contributed by atoms with E-state index in [1.165, 1.54) is 11.3 Å². The average molecular weight is 437 g/mol. The monoisotopic (exact) mass is 436 g/mol. The lowest BCUT2D eigenvalue weighted by Crippen LogP contribution is -2.34. The van der Waals surface area contributed by atoms with E-state index in [-0.39, 0.29) is 12.5 Å². The maximum Gasteiger partial charge on any atom is 0.267 e. The standard InChI is InChI=1S/C24H21ClN2O2S/c1-16-7-6-10-19(13-16)29-15-22(28)27(14-18-8-4-3-5-9-18)24-26-23-17(2)20(25)11-12-21(23)30-24/h3-13H,14-15H2,1-2H3. The Morgan fingerprint density at radius 1 is 1.07 bits per heavy atom. The number of hydrogen-bond donors (Lipinski definition) is 0. The Morgan fingerprint density at radius 3 is 2.63 bits per heavy atom. The molecule has 3 aromatic carbocycles. The van der Waals surface area contributed by atoms with Crippen LogP contribution in [0.15, 0.2) is 66.7 Å². The molecule has 152 valence electrons. The van der Waals surface area contributed by atoms with Gasteiger partial charge in [0.25, 0.3) is 5.91 Å². The fourth-order valence-corrected chi connectivity index (χ4v) is 4.36. The fraction of sp³-hybridized carbons (Fsp3) is 0.167. The number of fused-ring (bicyclic) bond motifs is 1. The van der Waals surface area contributed by atoms with Gasteiger partial charge in [-0.2, -0.15) is 0 Å². The van der Waals surface area contributed by atoms with Crippen LogP contribution < -0.4 is 9.64 Å². The van der Waals surface area contributed by atoms with Crippen molar-refractivity contribution in [2.24, 2.45) is 0 Å². The summed E-state index contributed by atoms with van der Waals surface area (Å²) in [6.45, 7) is 4.29. The molecular formula is C24H21ClN2O2S. The largest absolute Gasteiger partial charge is 0.484 e. The number of nitrogens with zero attached hydrogens (tertiary/aromatic N) is 2. The second-order valence-corrected chi connectivity index (χ2v) is 8.50. The second kappa shape index (κ2) is 8.86. The van der Waals surface area contributed by atoms with Crippen LogP contribution in [0.5, 0.6) is 5.75 Å². The topological polar surface area (TPSA) is 42.4 Å². The molecular weight excluding hydrogens is 416 g/mol. The normalized spacial score (nSPS) is 10.9. The number of carbonyl (C=O) groups is 1. The molecule has 0 saturated heterocycles. The van der Waals surface area contributed by atoms with Crippen molar-refractivity contribution in [1.82, 2.24) is 4.98 Å².